The second kappa shape index (κ2) is 6.85. The van der Waals surface area contributed by atoms with E-state index >= 15 is 0 Å². The zero-order chi connectivity index (χ0) is 14.5. The van der Waals surface area contributed by atoms with Crippen molar-refractivity contribution in [1.29, 1.82) is 0 Å². The van der Waals surface area contributed by atoms with Crippen molar-refractivity contribution >= 4 is 0 Å². The lowest BCUT2D eigenvalue weighted by molar-refractivity contribution is 0.0946. The molecule has 2 aromatic rings. The predicted molar refractivity (Wildman–Crippen MR) is 82.8 cm³/mol. The number of nitrogens with one attached hydrogen (secondary N) is 1. The molecule has 2 aromatic carbocycles. The summed E-state index contributed by atoms with van der Waals surface area (Å²) in [5.74, 6) is 0.138. The summed E-state index contributed by atoms with van der Waals surface area (Å²) in [7, 11) is 0. The topological polar surface area (TPSA) is 41.5 Å². The molecule has 1 heterocycles. The molecule has 3 nitrogen and oxygen atoms in total. The Bertz CT molecular complexity index is 544. The molecular weight excluding hydrogens is 262 g/mol. The first-order chi connectivity index (χ1) is 10.4. The van der Waals surface area contributed by atoms with E-state index in [1.807, 2.05) is 36.4 Å². The molecule has 3 heteroatoms. The Morgan fingerprint density at radius 2 is 1.67 bits per heavy atom. The van der Waals surface area contributed by atoms with Crippen molar-refractivity contribution in [3.05, 3.63) is 71.8 Å². The van der Waals surface area contributed by atoms with Gasteiger partial charge in [0.15, 0.2) is 0 Å². The molecule has 0 radical (unpaired) electrons. The van der Waals surface area contributed by atoms with Gasteiger partial charge in [-0.15, -0.1) is 0 Å². The molecule has 3 rings (SSSR count). The fourth-order valence-electron chi connectivity index (χ4n) is 2.90. The van der Waals surface area contributed by atoms with E-state index in [9.17, 15) is 5.11 Å². The Morgan fingerprint density at radius 3 is 2.33 bits per heavy atom. The van der Waals surface area contributed by atoms with E-state index in [4.69, 9.17) is 4.74 Å². The second-order valence-corrected chi connectivity index (χ2v) is 5.50. The highest BCUT2D eigenvalue weighted by Crippen LogP contribution is 2.32. The minimum absolute atomic E-state index is 0.00654. The maximum atomic E-state index is 9.58. The molecule has 0 saturated carbocycles. The lowest BCUT2D eigenvalue weighted by atomic mass is 9.94. The van der Waals surface area contributed by atoms with Gasteiger partial charge < -0.3 is 15.2 Å². The van der Waals surface area contributed by atoms with E-state index in [-0.39, 0.29) is 24.7 Å². The second-order valence-electron chi connectivity index (χ2n) is 5.50. The summed E-state index contributed by atoms with van der Waals surface area (Å²) < 4.78 is 5.92. The third-order valence-corrected chi connectivity index (χ3v) is 4.07. The normalized spacial score (nSPS) is 25.1. The molecule has 0 aromatic heterocycles. The van der Waals surface area contributed by atoms with Crippen molar-refractivity contribution in [3.63, 3.8) is 0 Å². The highest BCUT2D eigenvalue weighted by Gasteiger charge is 2.37. The first-order valence-corrected chi connectivity index (χ1v) is 7.43. The van der Waals surface area contributed by atoms with Crippen LogP contribution in [0.5, 0.6) is 0 Å². The third kappa shape index (κ3) is 3.32. The van der Waals surface area contributed by atoms with Gasteiger partial charge in [0.05, 0.1) is 12.7 Å². The number of aliphatic hydroxyl groups is 1. The number of rotatable bonds is 5. The van der Waals surface area contributed by atoms with Crippen LogP contribution in [0.4, 0.5) is 0 Å². The van der Waals surface area contributed by atoms with Gasteiger partial charge in [-0.05, 0) is 11.1 Å². The van der Waals surface area contributed by atoms with Gasteiger partial charge >= 0.3 is 0 Å². The van der Waals surface area contributed by atoms with Crippen LogP contribution in [0.15, 0.2) is 60.7 Å². The van der Waals surface area contributed by atoms with Crippen LogP contribution >= 0.6 is 0 Å². The van der Waals surface area contributed by atoms with Crippen LogP contribution < -0.4 is 5.32 Å². The van der Waals surface area contributed by atoms with E-state index in [1.165, 1.54) is 11.1 Å². The standard InChI is InChI=1S/C18H21NO2/c20-12-16-13-21-18(15-9-5-2-6-10-15)17(16)19-11-14-7-3-1-4-8-14/h1-10,16-20H,11-13H2/t16-,17-,18+/m1/s1. The molecule has 0 unspecified atom stereocenters. The van der Waals surface area contributed by atoms with Gasteiger partial charge in [0, 0.05) is 25.1 Å². The highest BCUT2D eigenvalue weighted by atomic mass is 16.5. The zero-order valence-electron chi connectivity index (χ0n) is 12.0. The lowest BCUT2D eigenvalue weighted by Gasteiger charge is -2.23. The van der Waals surface area contributed by atoms with Crippen LogP contribution in [0.1, 0.15) is 17.2 Å². The van der Waals surface area contributed by atoms with Gasteiger partial charge in [0.1, 0.15) is 0 Å². The summed E-state index contributed by atoms with van der Waals surface area (Å²) in [5, 5.41) is 13.1. The number of ether oxygens (including phenoxy) is 1. The number of hydrogen-bond donors (Lipinski definition) is 2. The van der Waals surface area contributed by atoms with Crippen molar-refractivity contribution in [2.75, 3.05) is 13.2 Å². The smallest absolute Gasteiger partial charge is 0.0982 e. The van der Waals surface area contributed by atoms with Crippen LogP contribution in [-0.2, 0) is 11.3 Å². The first kappa shape index (κ1) is 14.3. The summed E-state index contributed by atoms with van der Waals surface area (Å²) in [5.41, 5.74) is 2.41. The lowest BCUT2D eigenvalue weighted by Crippen LogP contribution is -2.38. The molecule has 0 bridgehead atoms. The summed E-state index contributed by atoms with van der Waals surface area (Å²) in [4.78, 5) is 0. The monoisotopic (exact) mass is 283 g/mol. The molecule has 0 aliphatic carbocycles. The number of aliphatic hydroxyl groups excluding tert-OH is 1. The van der Waals surface area contributed by atoms with E-state index in [1.54, 1.807) is 0 Å². The van der Waals surface area contributed by atoms with Crippen LogP contribution in [0, 0.1) is 5.92 Å². The Kier molecular flexibility index (Phi) is 4.65. The van der Waals surface area contributed by atoms with Crippen LogP contribution in [0.25, 0.3) is 0 Å². The van der Waals surface area contributed by atoms with Gasteiger partial charge in [0.25, 0.3) is 0 Å². The molecule has 1 aliphatic heterocycles. The van der Waals surface area contributed by atoms with Crippen molar-refractivity contribution in [1.82, 2.24) is 5.32 Å². The van der Waals surface area contributed by atoms with Gasteiger partial charge in [0.2, 0.25) is 0 Å². The molecule has 2 N–H and O–H groups in total. The maximum absolute atomic E-state index is 9.58. The Hall–Kier alpha value is -1.68. The largest absolute Gasteiger partial charge is 0.396 e. The molecule has 0 spiro atoms. The minimum Gasteiger partial charge on any atom is -0.396 e. The van der Waals surface area contributed by atoms with E-state index in [0.717, 1.165) is 6.54 Å². The van der Waals surface area contributed by atoms with Gasteiger partial charge in [-0.1, -0.05) is 60.7 Å². The predicted octanol–water partition coefficient (Wildman–Crippen LogP) is 2.52. The molecular formula is C18H21NO2. The van der Waals surface area contributed by atoms with E-state index in [0.29, 0.717) is 6.61 Å². The fraction of sp³-hybridized carbons (Fsp3) is 0.333. The summed E-state index contributed by atoms with van der Waals surface area (Å²) in [6.07, 6.45) is 0.00654. The molecule has 3 atom stereocenters. The minimum atomic E-state index is 0.00654. The highest BCUT2D eigenvalue weighted by molar-refractivity contribution is 5.21. The number of hydrogen-bond acceptors (Lipinski definition) is 3. The molecule has 0 amide bonds. The SMILES string of the molecule is OC[C@@H]1CO[C@@H](c2ccccc2)[C@@H]1NCc1ccccc1. The van der Waals surface area contributed by atoms with Crippen LogP contribution in [0.2, 0.25) is 0 Å². The van der Waals surface area contributed by atoms with E-state index in [2.05, 4.69) is 29.6 Å². The molecule has 1 saturated heterocycles. The maximum Gasteiger partial charge on any atom is 0.0982 e. The first-order valence-electron chi connectivity index (χ1n) is 7.43. The van der Waals surface area contributed by atoms with Crippen molar-refractivity contribution in [2.45, 2.75) is 18.7 Å². The molecule has 1 aliphatic rings. The Labute approximate surface area is 125 Å². The van der Waals surface area contributed by atoms with Crippen molar-refractivity contribution in [2.24, 2.45) is 5.92 Å². The zero-order valence-corrected chi connectivity index (χ0v) is 12.0. The molecule has 21 heavy (non-hydrogen) atoms. The fourth-order valence-corrected chi connectivity index (χ4v) is 2.90. The van der Waals surface area contributed by atoms with Crippen LogP contribution in [0.3, 0.4) is 0 Å². The average Bonchev–Trinajstić information content (AvgIpc) is 2.97. The average molecular weight is 283 g/mol. The molecule has 1 fully saturated rings. The number of benzene rings is 2. The van der Waals surface area contributed by atoms with Crippen molar-refractivity contribution < 1.29 is 9.84 Å². The summed E-state index contributed by atoms with van der Waals surface area (Å²) >= 11 is 0. The van der Waals surface area contributed by atoms with Gasteiger partial charge in [-0.25, -0.2) is 0 Å². The third-order valence-electron chi connectivity index (χ3n) is 4.07. The summed E-state index contributed by atoms with van der Waals surface area (Å²) in [6.45, 7) is 1.53. The van der Waals surface area contributed by atoms with E-state index < -0.39 is 0 Å². The molecule has 110 valence electrons. The quantitative estimate of drug-likeness (QED) is 0.886. The van der Waals surface area contributed by atoms with Crippen LogP contribution in [-0.4, -0.2) is 24.4 Å². The Balaban J connectivity index is 1.72. The Morgan fingerprint density at radius 1 is 1.00 bits per heavy atom. The summed E-state index contributed by atoms with van der Waals surface area (Å²) in [6, 6.07) is 20.7. The van der Waals surface area contributed by atoms with Crippen molar-refractivity contribution in [3.8, 4) is 0 Å². The van der Waals surface area contributed by atoms with Gasteiger partial charge in [-0.2, -0.15) is 0 Å². The van der Waals surface area contributed by atoms with Gasteiger partial charge in [-0.3, -0.25) is 0 Å².